The molecule has 2 aromatic carbocycles. The van der Waals surface area contributed by atoms with Crippen molar-refractivity contribution in [1.29, 1.82) is 0 Å². The maximum absolute atomic E-state index is 12.3. The molecule has 0 aliphatic carbocycles. The SMILES string of the molecule is CN(C(=O)C(C)(C)C)c1ccc(OCC(=O)Nc2cccc(S(N)(=O)=O)c2)cc1. The van der Waals surface area contributed by atoms with Crippen molar-refractivity contribution in [1.82, 2.24) is 0 Å². The van der Waals surface area contributed by atoms with Crippen molar-refractivity contribution in [3.63, 3.8) is 0 Å². The highest BCUT2D eigenvalue weighted by Crippen LogP contribution is 2.24. The van der Waals surface area contributed by atoms with Crippen molar-refractivity contribution in [3.05, 3.63) is 48.5 Å². The first kappa shape index (κ1) is 22.4. The van der Waals surface area contributed by atoms with Crippen LogP contribution in [0.3, 0.4) is 0 Å². The molecule has 0 unspecified atom stereocenters. The fraction of sp³-hybridized carbons (Fsp3) is 0.300. The van der Waals surface area contributed by atoms with Crippen LogP contribution in [0.4, 0.5) is 11.4 Å². The van der Waals surface area contributed by atoms with Crippen LogP contribution in [0.1, 0.15) is 20.8 Å². The Morgan fingerprint density at radius 1 is 1.10 bits per heavy atom. The molecule has 9 heteroatoms. The van der Waals surface area contributed by atoms with Crippen LogP contribution in [0.25, 0.3) is 0 Å². The first-order chi connectivity index (χ1) is 13.4. The maximum Gasteiger partial charge on any atom is 0.262 e. The third kappa shape index (κ3) is 6.30. The van der Waals surface area contributed by atoms with E-state index < -0.39 is 21.3 Å². The zero-order valence-electron chi connectivity index (χ0n) is 16.8. The number of sulfonamides is 1. The predicted molar refractivity (Wildman–Crippen MR) is 111 cm³/mol. The maximum atomic E-state index is 12.3. The van der Waals surface area contributed by atoms with Gasteiger partial charge in [-0.2, -0.15) is 0 Å². The van der Waals surface area contributed by atoms with Crippen molar-refractivity contribution in [3.8, 4) is 5.75 Å². The second-order valence-corrected chi connectivity index (χ2v) is 9.08. The lowest BCUT2D eigenvalue weighted by Crippen LogP contribution is -2.36. The van der Waals surface area contributed by atoms with Gasteiger partial charge in [-0.3, -0.25) is 9.59 Å². The fourth-order valence-electron chi connectivity index (χ4n) is 2.48. The monoisotopic (exact) mass is 419 g/mol. The number of primary sulfonamides is 1. The minimum absolute atomic E-state index is 0.0210. The predicted octanol–water partition coefficient (Wildman–Crippen LogP) is 2.36. The van der Waals surface area contributed by atoms with Crippen LogP contribution in [-0.2, 0) is 19.6 Å². The minimum atomic E-state index is -3.85. The van der Waals surface area contributed by atoms with E-state index in [4.69, 9.17) is 9.88 Å². The molecule has 0 radical (unpaired) electrons. The lowest BCUT2D eigenvalue weighted by Gasteiger charge is -2.26. The van der Waals surface area contributed by atoms with E-state index in [0.29, 0.717) is 17.1 Å². The van der Waals surface area contributed by atoms with Gasteiger partial charge in [0.15, 0.2) is 6.61 Å². The van der Waals surface area contributed by atoms with Gasteiger partial charge in [-0.05, 0) is 42.5 Å². The number of nitrogens with one attached hydrogen (secondary N) is 1. The second kappa shape index (κ2) is 8.62. The number of carbonyl (C=O) groups is 2. The molecule has 0 heterocycles. The molecule has 0 bridgehead atoms. The second-order valence-electron chi connectivity index (χ2n) is 7.52. The summed E-state index contributed by atoms with van der Waals surface area (Å²) in [5, 5.41) is 7.63. The Morgan fingerprint density at radius 2 is 1.72 bits per heavy atom. The van der Waals surface area contributed by atoms with Crippen molar-refractivity contribution < 1.29 is 22.7 Å². The molecule has 0 saturated carbocycles. The Bertz CT molecular complexity index is 996. The molecule has 3 N–H and O–H groups in total. The topological polar surface area (TPSA) is 119 Å². The highest BCUT2D eigenvalue weighted by atomic mass is 32.2. The summed E-state index contributed by atoms with van der Waals surface area (Å²) in [6.45, 7) is 5.28. The summed E-state index contributed by atoms with van der Waals surface area (Å²) in [6, 6.07) is 12.4. The quantitative estimate of drug-likeness (QED) is 0.745. The molecule has 0 fully saturated rings. The molecular formula is C20H25N3O5S. The van der Waals surface area contributed by atoms with Crippen LogP contribution in [0.15, 0.2) is 53.4 Å². The van der Waals surface area contributed by atoms with Gasteiger partial charge in [-0.15, -0.1) is 0 Å². The summed E-state index contributed by atoms with van der Waals surface area (Å²) >= 11 is 0. The van der Waals surface area contributed by atoms with Gasteiger partial charge in [-0.25, -0.2) is 13.6 Å². The fourth-order valence-corrected chi connectivity index (χ4v) is 3.04. The summed E-state index contributed by atoms with van der Waals surface area (Å²) in [7, 11) is -2.15. The van der Waals surface area contributed by atoms with Crippen molar-refractivity contribution >= 4 is 33.2 Å². The average Bonchev–Trinajstić information content (AvgIpc) is 2.64. The van der Waals surface area contributed by atoms with E-state index in [1.54, 1.807) is 42.3 Å². The van der Waals surface area contributed by atoms with Crippen LogP contribution in [0, 0.1) is 5.41 Å². The highest BCUT2D eigenvalue weighted by molar-refractivity contribution is 7.89. The molecule has 2 rings (SSSR count). The van der Waals surface area contributed by atoms with Gasteiger partial charge >= 0.3 is 0 Å². The smallest absolute Gasteiger partial charge is 0.262 e. The van der Waals surface area contributed by atoms with Crippen LogP contribution in [0.5, 0.6) is 5.75 Å². The molecule has 0 aliphatic heterocycles. The molecule has 0 saturated heterocycles. The number of nitrogens with zero attached hydrogens (tertiary/aromatic N) is 1. The molecule has 2 aromatic rings. The van der Waals surface area contributed by atoms with Gasteiger partial charge in [-0.1, -0.05) is 26.8 Å². The van der Waals surface area contributed by atoms with Gasteiger partial charge < -0.3 is 15.0 Å². The van der Waals surface area contributed by atoms with E-state index >= 15 is 0 Å². The zero-order valence-corrected chi connectivity index (χ0v) is 17.6. The normalized spacial score (nSPS) is 11.6. The van der Waals surface area contributed by atoms with Gasteiger partial charge in [0.05, 0.1) is 4.90 Å². The number of hydrogen-bond acceptors (Lipinski definition) is 5. The van der Waals surface area contributed by atoms with Crippen molar-refractivity contribution in [2.75, 3.05) is 23.9 Å². The van der Waals surface area contributed by atoms with E-state index in [0.717, 1.165) is 0 Å². The summed E-state index contributed by atoms with van der Waals surface area (Å²) in [4.78, 5) is 25.8. The summed E-state index contributed by atoms with van der Waals surface area (Å²) in [5.74, 6) is -0.0215. The Hall–Kier alpha value is -2.91. The molecule has 29 heavy (non-hydrogen) atoms. The lowest BCUT2D eigenvalue weighted by molar-refractivity contribution is -0.125. The van der Waals surface area contributed by atoms with E-state index in [9.17, 15) is 18.0 Å². The molecule has 0 atom stereocenters. The van der Waals surface area contributed by atoms with E-state index in [1.165, 1.54) is 18.2 Å². The molecule has 2 amide bonds. The number of rotatable bonds is 6. The minimum Gasteiger partial charge on any atom is -0.484 e. The number of ether oxygens (including phenoxy) is 1. The van der Waals surface area contributed by atoms with Gasteiger partial charge in [0.1, 0.15) is 5.75 Å². The first-order valence-electron chi connectivity index (χ1n) is 8.81. The van der Waals surface area contributed by atoms with Crippen LogP contribution in [0.2, 0.25) is 0 Å². The Kier molecular flexibility index (Phi) is 6.66. The number of benzene rings is 2. The largest absolute Gasteiger partial charge is 0.484 e. The molecule has 0 spiro atoms. The molecule has 156 valence electrons. The molecule has 8 nitrogen and oxygen atoms in total. The molecule has 0 aliphatic rings. The van der Waals surface area contributed by atoms with Crippen LogP contribution >= 0.6 is 0 Å². The molecular weight excluding hydrogens is 394 g/mol. The zero-order chi connectivity index (χ0) is 21.8. The Morgan fingerprint density at radius 3 is 2.28 bits per heavy atom. The summed E-state index contributed by atoms with van der Waals surface area (Å²) < 4.78 is 28.2. The van der Waals surface area contributed by atoms with Crippen molar-refractivity contribution in [2.45, 2.75) is 25.7 Å². The third-order valence-electron chi connectivity index (χ3n) is 3.99. The lowest BCUT2D eigenvalue weighted by atomic mass is 9.95. The van der Waals surface area contributed by atoms with E-state index in [1.807, 2.05) is 20.8 Å². The Labute approximate surface area is 170 Å². The first-order valence-corrected chi connectivity index (χ1v) is 10.4. The number of carbonyl (C=O) groups excluding carboxylic acids is 2. The van der Waals surface area contributed by atoms with Gasteiger partial charge in [0.25, 0.3) is 5.91 Å². The van der Waals surface area contributed by atoms with Gasteiger partial charge in [0, 0.05) is 23.8 Å². The number of hydrogen-bond donors (Lipinski definition) is 2. The number of anilines is 2. The van der Waals surface area contributed by atoms with E-state index in [2.05, 4.69) is 5.32 Å². The number of amides is 2. The van der Waals surface area contributed by atoms with Crippen LogP contribution in [-0.4, -0.2) is 33.9 Å². The summed E-state index contributed by atoms with van der Waals surface area (Å²) in [6.07, 6.45) is 0. The van der Waals surface area contributed by atoms with Gasteiger partial charge in [0.2, 0.25) is 15.9 Å². The third-order valence-corrected chi connectivity index (χ3v) is 4.90. The Balaban J connectivity index is 1.95. The van der Waals surface area contributed by atoms with E-state index in [-0.39, 0.29) is 17.4 Å². The molecule has 0 aromatic heterocycles. The van der Waals surface area contributed by atoms with Crippen LogP contribution < -0.4 is 20.1 Å². The number of nitrogens with two attached hydrogens (primary N) is 1. The summed E-state index contributed by atoms with van der Waals surface area (Å²) in [5.41, 5.74) is 0.507. The average molecular weight is 420 g/mol. The van der Waals surface area contributed by atoms with Crippen molar-refractivity contribution in [2.24, 2.45) is 10.6 Å². The standard InChI is InChI=1S/C20H25N3O5S/c1-20(2,3)19(25)23(4)15-8-10-16(11-9-15)28-13-18(24)22-14-6-5-7-17(12-14)29(21,26)27/h5-12H,13H2,1-4H3,(H,22,24)(H2,21,26,27). The highest BCUT2D eigenvalue weighted by Gasteiger charge is 2.25.